The quantitative estimate of drug-likeness (QED) is 0.655. The number of hydrogen-bond donors (Lipinski definition) is 1. The molecule has 0 unspecified atom stereocenters. The van der Waals surface area contributed by atoms with Gasteiger partial charge in [0.25, 0.3) is 0 Å². The summed E-state index contributed by atoms with van der Waals surface area (Å²) in [4.78, 5) is 0. The highest BCUT2D eigenvalue weighted by atomic mass is 35.5. The SMILES string of the molecule is N#Cc1c(-c2ccc(Cl)cc2)cc(-c2ccc3c(c2)OCO3)c(C#N)c1N. The van der Waals surface area contributed by atoms with Crippen molar-refractivity contribution in [3.63, 3.8) is 0 Å². The number of halogens is 1. The average Bonchev–Trinajstić information content (AvgIpc) is 3.15. The smallest absolute Gasteiger partial charge is 0.231 e. The van der Waals surface area contributed by atoms with Gasteiger partial charge >= 0.3 is 0 Å². The van der Waals surface area contributed by atoms with Crippen molar-refractivity contribution in [1.29, 1.82) is 10.5 Å². The van der Waals surface area contributed by atoms with Crippen LogP contribution in [-0.4, -0.2) is 6.79 Å². The topological polar surface area (TPSA) is 92.1 Å². The second kappa shape index (κ2) is 6.57. The molecule has 0 aliphatic carbocycles. The van der Waals surface area contributed by atoms with Crippen LogP contribution < -0.4 is 15.2 Å². The number of fused-ring (bicyclic) bond motifs is 1. The number of anilines is 1. The van der Waals surface area contributed by atoms with Crippen LogP contribution in [0.25, 0.3) is 22.3 Å². The normalized spacial score (nSPS) is 11.7. The zero-order valence-corrected chi connectivity index (χ0v) is 14.7. The molecule has 0 aromatic heterocycles. The van der Waals surface area contributed by atoms with E-state index in [9.17, 15) is 10.5 Å². The summed E-state index contributed by atoms with van der Waals surface area (Å²) in [5.74, 6) is 1.25. The zero-order valence-electron chi connectivity index (χ0n) is 14.0. The minimum Gasteiger partial charge on any atom is -0.454 e. The van der Waals surface area contributed by atoms with Gasteiger partial charge in [-0.05, 0) is 41.5 Å². The van der Waals surface area contributed by atoms with Crippen molar-refractivity contribution in [2.45, 2.75) is 0 Å². The highest BCUT2D eigenvalue weighted by Crippen LogP contribution is 2.41. The molecule has 0 saturated carbocycles. The van der Waals surface area contributed by atoms with E-state index < -0.39 is 0 Å². The summed E-state index contributed by atoms with van der Waals surface area (Å²) in [7, 11) is 0. The third-order valence-electron chi connectivity index (χ3n) is 4.43. The van der Waals surface area contributed by atoms with Crippen LogP contribution in [0.3, 0.4) is 0 Å². The molecule has 1 aliphatic heterocycles. The van der Waals surface area contributed by atoms with E-state index in [2.05, 4.69) is 12.1 Å². The van der Waals surface area contributed by atoms with Crippen molar-refractivity contribution >= 4 is 17.3 Å². The molecule has 3 aromatic rings. The van der Waals surface area contributed by atoms with Gasteiger partial charge in [0.1, 0.15) is 12.1 Å². The number of hydrogen-bond acceptors (Lipinski definition) is 5. The van der Waals surface area contributed by atoms with Crippen LogP contribution in [0.15, 0.2) is 48.5 Å². The number of nitrogen functional groups attached to an aromatic ring is 1. The Balaban J connectivity index is 1.98. The Labute approximate surface area is 160 Å². The lowest BCUT2D eigenvalue weighted by Gasteiger charge is -2.14. The number of nitrogens with zero attached hydrogens (tertiary/aromatic N) is 2. The van der Waals surface area contributed by atoms with Gasteiger partial charge in [-0.1, -0.05) is 29.8 Å². The minimum atomic E-state index is 0.153. The molecule has 3 aromatic carbocycles. The molecule has 5 nitrogen and oxygen atoms in total. The Morgan fingerprint density at radius 3 is 2.07 bits per heavy atom. The Hall–Kier alpha value is -3.67. The fraction of sp³-hybridized carbons (Fsp3) is 0.0476. The van der Waals surface area contributed by atoms with Crippen LogP contribution >= 0.6 is 11.6 Å². The van der Waals surface area contributed by atoms with Gasteiger partial charge in [0, 0.05) is 16.1 Å². The first-order valence-electron chi connectivity index (χ1n) is 8.05. The highest BCUT2D eigenvalue weighted by molar-refractivity contribution is 6.30. The van der Waals surface area contributed by atoms with Gasteiger partial charge in [0.2, 0.25) is 6.79 Å². The molecule has 0 amide bonds. The largest absolute Gasteiger partial charge is 0.454 e. The van der Waals surface area contributed by atoms with E-state index in [0.29, 0.717) is 27.6 Å². The predicted octanol–water partition coefficient (Wildman–Crippen LogP) is 4.73. The molecule has 1 aliphatic rings. The van der Waals surface area contributed by atoms with Crippen LogP contribution in [0.2, 0.25) is 5.02 Å². The Morgan fingerprint density at radius 2 is 1.41 bits per heavy atom. The van der Waals surface area contributed by atoms with Gasteiger partial charge in [-0.15, -0.1) is 0 Å². The van der Waals surface area contributed by atoms with Crippen LogP contribution in [0.5, 0.6) is 11.5 Å². The predicted molar refractivity (Wildman–Crippen MR) is 102 cm³/mol. The lowest BCUT2D eigenvalue weighted by atomic mass is 9.89. The standard InChI is InChI=1S/C21H12ClN3O2/c22-14-4-1-12(2-5-14)15-8-16(18(10-24)21(25)17(15)9-23)13-3-6-19-20(7-13)27-11-26-19/h1-8H,11,25H2. The lowest BCUT2D eigenvalue weighted by molar-refractivity contribution is 0.174. The Morgan fingerprint density at radius 1 is 0.815 bits per heavy atom. The first-order valence-corrected chi connectivity index (χ1v) is 8.43. The number of nitriles is 2. The van der Waals surface area contributed by atoms with Crippen molar-refractivity contribution < 1.29 is 9.47 Å². The molecule has 0 spiro atoms. The summed E-state index contributed by atoms with van der Waals surface area (Å²) < 4.78 is 10.8. The minimum absolute atomic E-state index is 0.153. The van der Waals surface area contributed by atoms with Gasteiger partial charge in [-0.2, -0.15) is 10.5 Å². The second-order valence-corrected chi connectivity index (χ2v) is 6.37. The van der Waals surface area contributed by atoms with Gasteiger partial charge in [-0.3, -0.25) is 0 Å². The third kappa shape index (κ3) is 2.81. The number of rotatable bonds is 2. The second-order valence-electron chi connectivity index (χ2n) is 5.93. The number of ether oxygens (including phenoxy) is 2. The summed E-state index contributed by atoms with van der Waals surface area (Å²) in [5.41, 5.74) is 9.66. The molecule has 0 atom stereocenters. The van der Waals surface area contributed by atoms with Crippen molar-refractivity contribution in [2.75, 3.05) is 12.5 Å². The molecular formula is C21H12ClN3O2. The van der Waals surface area contributed by atoms with E-state index >= 15 is 0 Å². The summed E-state index contributed by atoms with van der Waals surface area (Å²) >= 11 is 5.97. The Bertz CT molecular complexity index is 1140. The monoisotopic (exact) mass is 373 g/mol. The van der Waals surface area contributed by atoms with Crippen molar-refractivity contribution in [2.24, 2.45) is 0 Å². The average molecular weight is 374 g/mol. The molecule has 0 bridgehead atoms. The zero-order chi connectivity index (χ0) is 19.0. The first-order chi connectivity index (χ1) is 13.1. The molecule has 2 N–H and O–H groups in total. The highest BCUT2D eigenvalue weighted by Gasteiger charge is 2.20. The van der Waals surface area contributed by atoms with Crippen LogP contribution in [0, 0.1) is 22.7 Å². The summed E-state index contributed by atoms with van der Waals surface area (Å²) in [6.45, 7) is 0.162. The van der Waals surface area contributed by atoms with E-state index in [4.69, 9.17) is 26.8 Å². The summed E-state index contributed by atoms with van der Waals surface area (Å²) in [6, 6.07) is 18.6. The van der Waals surface area contributed by atoms with E-state index in [-0.39, 0.29) is 23.6 Å². The van der Waals surface area contributed by atoms with Crippen LogP contribution in [-0.2, 0) is 0 Å². The van der Waals surface area contributed by atoms with Crippen molar-refractivity contribution in [3.05, 3.63) is 64.7 Å². The maximum absolute atomic E-state index is 9.66. The Kier molecular flexibility index (Phi) is 4.08. The van der Waals surface area contributed by atoms with Gasteiger partial charge in [-0.25, -0.2) is 0 Å². The van der Waals surface area contributed by atoms with Crippen LogP contribution in [0.4, 0.5) is 5.69 Å². The summed E-state index contributed by atoms with van der Waals surface area (Å²) in [6.07, 6.45) is 0. The molecule has 4 rings (SSSR count). The van der Waals surface area contributed by atoms with E-state index in [1.54, 1.807) is 30.3 Å². The summed E-state index contributed by atoms with van der Waals surface area (Å²) in [5, 5.41) is 19.9. The van der Waals surface area contributed by atoms with Gasteiger partial charge in [0.15, 0.2) is 11.5 Å². The fourth-order valence-corrected chi connectivity index (χ4v) is 3.22. The fourth-order valence-electron chi connectivity index (χ4n) is 3.09. The van der Waals surface area contributed by atoms with E-state index in [1.807, 2.05) is 18.2 Å². The lowest BCUT2D eigenvalue weighted by Crippen LogP contribution is -2.00. The first kappa shape index (κ1) is 16.8. The van der Waals surface area contributed by atoms with Crippen molar-refractivity contribution in [1.82, 2.24) is 0 Å². The maximum atomic E-state index is 9.66. The molecular weight excluding hydrogens is 362 g/mol. The molecule has 0 saturated heterocycles. The molecule has 6 heteroatoms. The molecule has 0 fully saturated rings. The molecule has 27 heavy (non-hydrogen) atoms. The molecule has 1 heterocycles. The molecule has 130 valence electrons. The third-order valence-corrected chi connectivity index (χ3v) is 4.68. The van der Waals surface area contributed by atoms with E-state index in [1.165, 1.54) is 0 Å². The van der Waals surface area contributed by atoms with Crippen molar-refractivity contribution in [3.8, 4) is 45.9 Å². The van der Waals surface area contributed by atoms with E-state index in [0.717, 1.165) is 11.1 Å². The van der Waals surface area contributed by atoms with Crippen LogP contribution in [0.1, 0.15) is 11.1 Å². The van der Waals surface area contributed by atoms with Gasteiger partial charge < -0.3 is 15.2 Å². The number of benzene rings is 3. The number of nitrogens with two attached hydrogens (primary N) is 1. The maximum Gasteiger partial charge on any atom is 0.231 e. The molecule has 0 radical (unpaired) electrons. The van der Waals surface area contributed by atoms with Gasteiger partial charge in [0.05, 0.1) is 16.8 Å².